The van der Waals surface area contributed by atoms with Gasteiger partial charge in [-0.2, -0.15) is 0 Å². The molecule has 0 spiro atoms. The van der Waals surface area contributed by atoms with E-state index >= 15 is 0 Å². The maximum Gasteiger partial charge on any atom is 0.120 e. The second kappa shape index (κ2) is 6.48. The zero-order valence-corrected chi connectivity index (χ0v) is 11.4. The van der Waals surface area contributed by atoms with Crippen LogP contribution in [0.3, 0.4) is 0 Å². The normalized spacial score (nSPS) is 10.9. The van der Waals surface area contributed by atoms with Gasteiger partial charge in [0.25, 0.3) is 0 Å². The van der Waals surface area contributed by atoms with Gasteiger partial charge in [0.2, 0.25) is 0 Å². The second-order valence-electron chi connectivity index (χ2n) is 5.35. The quantitative estimate of drug-likeness (QED) is 0.711. The van der Waals surface area contributed by atoms with E-state index in [9.17, 15) is 0 Å². The van der Waals surface area contributed by atoms with Gasteiger partial charge < -0.3 is 4.74 Å². The summed E-state index contributed by atoms with van der Waals surface area (Å²) in [7, 11) is 0. The molecule has 0 unspecified atom stereocenters. The van der Waals surface area contributed by atoms with Crippen molar-refractivity contribution in [3.8, 4) is 5.75 Å². The van der Waals surface area contributed by atoms with Crippen LogP contribution in [0.4, 0.5) is 0 Å². The SMILES string of the molecule is C=[C]c1cc(CC(C)C)cc(OCC(C)C)c1. The minimum Gasteiger partial charge on any atom is -0.493 e. The van der Waals surface area contributed by atoms with E-state index in [4.69, 9.17) is 4.74 Å². The molecular formula is C16H23O. The van der Waals surface area contributed by atoms with Gasteiger partial charge in [-0.1, -0.05) is 40.3 Å². The van der Waals surface area contributed by atoms with E-state index in [0.29, 0.717) is 11.8 Å². The van der Waals surface area contributed by atoms with Gasteiger partial charge in [0.1, 0.15) is 5.75 Å². The molecule has 0 aliphatic rings. The number of benzene rings is 1. The zero-order valence-electron chi connectivity index (χ0n) is 11.4. The number of hydrogen-bond acceptors (Lipinski definition) is 1. The molecule has 1 nitrogen and oxygen atoms in total. The molecule has 0 aliphatic carbocycles. The molecule has 0 saturated heterocycles. The van der Waals surface area contributed by atoms with Crippen LogP contribution in [0.1, 0.15) is 38.8 Å². The monoisotopic (exact) mass is 231 g/mol. The molecule has 0 amide bonds. The first-order chi connectivity index (χ1) is 8.01. The molecule has 0 fully saturated rings. The molecule has 0 N–H and O–H groups in total. The molecular weight excluding hydrogens is 208 g/mol. The highest BCUT2D eigenvalue weighted by molar-refractivity contribution is 5.37. The summed E-state index contributed by atoms with van der Waals surface area (Å²) in [6.07, 6.45) is 4.00. The summed E-state index contributed by atoms with van der Waals surface area (Å²) in [6, 6.07) is 6.26. The van der Waals surface area contributed by atoms with E-state index in [1.807, 2.05) is 6.07 Å². The lowest BCUT2D eigenvalue weighted by molar-refractivity contribution is 0.270. The molecule has 0 atom stereocenters. The van der Waals surface area contributed by atoms with Crippen molar-refractivity contribution in [2.45, 2.75) is 34.1 Å². The Morgan fingerprint density at radius 3 is 2.35 bits per heavy atom. The molecule has 0 heterocycles. The summed E-state index contributed by atoms with van der Waals surface area (Å²) in [5.41, 5.74) is 2.31. The van der Waals surface area contributed by atoms with Crippen LogP contribution in [-0.2, 0) is 6.42 Å². The standard InChI is InChI=1S/C16H23O/c1-6-14-8-15(7-12(2)3)10-16(9-14)17-11-13(4)5/h8-10,12-13H,1,7,11H2,2-5H3. The van der Waals surface area contributed by atoms with Crippen molar-refractivity contribution in [1.29, 1.82) is 0 Å². The van der Waals surface area contributed by atoms with Crippen LogP contribution in [0.2, 0.25) is 0 Å². The first-order valence-electron chi connectivity index (χ1n) is 6.31. The van der Waals surface area contributed by atoms with E-state index < -0.39 is 0 Å². The van der Waals surface area contributed by atoms with Gasteiger partial charge in [-0.3, -0.25) is 0 Å². The predicted molar refractivity (Wildman–Crippen MR) is 73.3 cm³/mol. The van der Waals surface area contributed by atoms with Gasteiger partial charge in [0, 0.05) is 0 Å². The van der Waals surface area contributed by atoms with Crippen LogP contribution >= 0.6 is 0 Å². The summed E-state index contributed by atoms with van der Waals surface area (Å²) in [5, 5.41) is 0. The maximum atomic E-state index is 5.76. The van der Waals surface area contributed by atoms with Gasteiger partial charge in [0.15, 0.2) is 0 Å². The highest BCUT2D eigenvalue weighted by Crippen LogP contribution is 2.20. The lowest BCUT2D eigenvalue weighted by Crippen LogP contribution is -2.05. The Morgan fingerprint density at radius 1 is 1.12 bits per heavy atom. The molecule has 1 radical (unpaired) electrons. The fourth-order valence-electron chi connectivity index (χ4n) is 1.70. The molecule has 1 rings (SSSR count). The van der Waals surface area contributed by atoms with Crippen LogP contribution in [0.25, 0.3) is 0 Å². The summed E-state index contributed by atoms with van der Waals surface area (Å²) >= 11 is 0. The summed E-state index contributed by atoms with van der Waals surface area (Å²) in [5.74, 6) is 2.12. The molecule has 0 aromatic heterocycles. The van der Waals surface area contributed by atoms with E-state index in [2.05, 4.69) is 52.5 Å². The molecule has 17 heavy (non-hydrogen) atoms. The van der Waals surface area contributed by atoms with Crippen LogP contribution < -0.4 is 4.74 Å². The Morgan fingerprint density at radius 2 is 1.82 bits per heavy atom. The summed E-state index contributed by atoms with van der Waals surface area (Å²) in [4.78, 5) is 0. The zero-order chi connectivity index (χ0) is 12.8. The lowest BCUT2D eigenvalue weighted by atomic mass is 10.0. The Balaban J connectivity index is 2.84. The summed E-state index contributed by atoms with van der Waals surface area (Å²) in [6.45, 7) is 13.2. The second-order valence-corrected chi connectivity index (χ2v) is 5.35. The Labute approximate surface area is 106 Å². The first-order valence-corrected chi connectivity index (χ1v) is 6.31. The van der Waals surface area contributed by atoms with Gasteiger partial charge in [-0.05, 0) is 47.6 Å². The third kappa shape index (κ3) is 5.08. The van der Waals surface area contributed by atoms with E-state index in [-0.39, 0.29) is 0 Å². The minimum absolute atomic E-state index is 0.542. The molecule has 0 saturated carbocycles. The van der Waals surface area contributed by atoms with Gasteiger partial charge in [-0.15, -0.1) is 0 Å². The van der Waals surface area contributed by atoms with Crippen LogP contribution in [0.15, 0.2) is 24.8 Å². The van der Waals surface area contributed by atoms with Crippen molar-refractivity contribution >= 4 is 0 Å². The first kappa shape index (κ1) is 13.8. The van der Waals surface area contributed by atoms with Crippen molar-refractivity contribution in [1.82, 2.24) is 0 Å². The smallest absolute Gasteiger partial charge is 0.120 e. The van der Waals surface area contributed by atoms with E-state index in [1.165, 1.54) is 5.56 Å². The molecule has 93 valence electrons. The Bertz CT molecular complexity index is 364. The number of hydrogen-bond donors (Lipinski definition) is 0. The lowest BCUT2D eigenvalue weighted by Gasteiger charge is -2.12. The van der Waals surface area contributed by atoms with Crippen molar-refractivity contribution in [3.63, 3.8) is 0 Å². The van der Waals surface area contributed by atoms with Gasteiger partial charge in [0.05, 0.1) is 6.61 Å². The highest BCUT2D eigenvalue weighted by Gasteiger charge is 2.04. The molecule has 1 heteroatoms. The molecule has 0 bridgehead atoms. The molecule has 1 aromatic rings. The number of ether oxygens (including phenoxy) is 1. The van der Waals surface area contributed by atoms with E-state index in [1.54, 1.807) is 0 Å². The van der Waals surface area contributed by atoms with Crippen molar-refractivity contribution in [2.75, 3.05) is 6.61 Å². The maximum absolute atomic E-state index is 5.76. The number of rotatable bonds is 6. The van der Waals surface area contributed by atoms with Crippen LogP contribution in [0.5, 0.6) is 5.75 Å². The average Bonchev–Trinajstić information content (AvgIpc) is 2.25. The third-order valence-corrected chi connectivity index (χ3v) is 2.40. The van der Waals surface area contributed by atoms with Crippen molar-refractivity contribution in [2.24, 2.45) is 11.8 Å². The van der Waals surface area contributed by atoms with Crippen molar-refractivity contribution in [3.05, 3.63) is 42.0 Å². The Hall–Kier alpha value is -1.24. The van der Waals surface area contributed by atoms with Crippen LogP contribution in [0, 0.1) is 17.9 Å². The predicted octanol–water partition coefficient (Wildman–Crippen LogP) is 4.26. The minimum atomic E-state index is 0.542. The van der Waals surface area contributed by atoms with Gasteiger partial charge in [-0.25, -0.2) is 0 Å². The Kier molecular flexibility index (Phi) is 5.27. The topological polar surface area (TPSA) is 9.23 Å². The van der Waals surface area contributed by atoms with Gasteiger partial charge >= 0.3 is 0 Å². The average molecular weight is 231 g/mol. The fourth-order valence-corrected chi connectivity index (χ4v) is 1.70. The van der Waals surface area contributed by atoms with Crippen LogP contribution in [-0.4, -0.2) is 6.61 Å². The largest absolute Gasteiger partial charge is 0.493 e. The highest BCUT2D eigenvalue weighted by atomic mass is 16.5. The fraction of sp³-hybridized carbons (Fsp3) is 0.500. The van der Waals surface area contributed by atoms with Crippen molar-refractivity contribution < 1.29 is 4.74 Å². The molecule has 1 aromatic carbocycles. The summed E-state index contributed by atoms with van der Waals surface area (Å²) < 4.78 is 5.76. The molecule has 0 aliphatic heterocycles. The van der Waals surface area contributed by atoms with E-state index in [0.717, 1.165) is 24.3 Å². The third-order valence-electron chi connectivity index (χ3n) is 2.40.